The number of aromatic amines is 1. The number of aliphatic hydroxyl groups is 2. The molecule has 1 amide bonds. The molecule has 3 aromatic heterocycles. The number of benzene rings is 3. The number of alkyl halides is 3. The van der Waals surface area contributed by atoms with Crippen molar-refractivity contribution in [3.63, 3.8) is 0 Å². The number of fused-ring (bicyclic) bond motifs is 3. The van der Waals surface area contributed by atoms with Crippen LogP contribution in [0, 0.1) is 0 Å². The van der Waals surface area contributed by atoms with Crippen molar-refractivity contribution >= 4 is 29.5 Å². The Labute approximate surface area is 440 Å². The van der Waals surface area contributed by atoms with Gasteiger partial charge in [0.2, 0.25) is 6.29 Å². The number of nitrogens with one attached hydrogen (secondary N) is 2. The predicted octanol–water partition coefficient (Wildman–Crippen LogP) is 4.93. The number of likely N-dealkylation sites (tertiary alicyclic amines) is 1. The zero-order chi connectivity index (χ0) is 55.0. The van der Waals surface area contributed by atoms with E-state index in [-0.39, 0.29) is 42.4 Å². The molecular formula is C55H58F3N11O8. The maximum atomic E-state index is 13.0. The molecule has 11 rings (SSSR count). The number of ether oxygens (including phenoxy) is 1. The first-order valence-corrected chi connectivity index (χ1v) is 24.9. The van der Waals surface area contributed by atoms with Gasteiger partial charge < -0.3 is 30.2 Å². The highest BCUT2D eigenvalue weighted by atomic mass is 19.4. The van der Waals surface area contributed by atoms with Crippen LogP contribution in [0.3, 0.4) is 0 Å². The summed E-state index contributed by atoms with van der Waals surface area (Å²) in [5.41, 5.74) is 6.16. The summed E-state index contributed by atoms with van der Waals surface area (Å²) < 4.78 is 39.7. The third-order valence-electron chi connectivity index (χ3n) is 13.2. The highest BCUT2D eigenvalue weighted by Gasteiger charge is 2.37. The Morgan fingerprint density at radius 2 is 1.03 bits per heavy atom. The molecule has 0 bridgehead atoms. The number of carbonyl (C=O) groups is 2. The third kappa shape index (κ3) is 13.7. The molecule has 2 fully saturated rings. The molecule has 77 heavy (non-hydrogen) atoms. The number of aldehydes is 1. The maximum Gasteiger partial charge on any atom is 0.446 e. The Bertz CT molecular complexity index is 3360. The fraction of sp³-hybridized carbons (Fsp3) is 0.364. The Balaban J connectivity index is 0.000000151. The van der Waals surface area contributed by atoms with Gasteiger partial charge in [-0.1, -0.05) is 91.0 Å². The molecule has 22 heteroatoms. The van der Waals surface area contributed by atoms with Crippen LogP contribution in [0.25, 0.3) is 0 Å². The van der Waals surface area contributed by atoms with Crippen LogP contribution in [0.4, 0.5) is 18.0 Å². The van der Waals surface area contributed by atoms with E-state index in [1.807, 2.05) is 112 Å². The fourth-order valence-electron chi connectivity index (χ4n) is 9.21. The van der Waals surface area contributed by atoms with E-state index in [1.54, 1.807) is 11.2 Å². The lowest BCUT2D eigenvalue weighted by atomic mass is 9.91. The number of halogens is 3. The number of H-pyrrole nitrogens is 1. The van der Waals surface area contributed by atoms with Crippen LogP contribution in [0.1, 0.15) is 96.9 Å². The summed E-state index contributed by atoms with van der Waals surface area (Å²) in [4.78, 5) is 89.0. The second-order valence-electron chi connectivity index (χ2n) is 20.0. The molecule has 19 nitrogen and oxygen atoms in total. The Hall–Kier alpha value is -8.08. The average molecular weight is 1060 g/mol. The minimum atomic E-state index is -4.64. The first kappa shape index (κ1) is 55.2. The second kappa shape index (κ2) is 23.4. The van der Waals surface area contributed by atoms with E-state index in [9.17, 15) is 42.6 Å². The SMILES string of the molecule is CC(C)(C)OC(=O)N1CCC(O)(Cn2cnc3c(c2=O)CN=C3c2ccccc2)CC1.O=CC(F)(F)F.O=c1[nH]cnc2c1CN=C2c1ccccc1.O=c1c2c(ncn1CC1(O)CCNCC1)C(c1ccccc1)=NC2. The van der Waals surface area contributed by atoms with Crippen molar-refractivity contribution in [1.29, 1.82) is 0 Å². The molecule has 0 aliphatic carbocycles. The molecule has 0 unspecified atom stereocenters. The van der Waals surface area contributed by atoms with Crippen LogP contribution in [-0.4, -0.2) is 123 Å². The summed E-state index contributed by atoms with van der Waals surface area (Å²) in [7, 11) is 0. The van der Waals surface area contributed by atoms with Crippen molar-refractivity contribution < 1.29 is 37.7 Å². The molecule has 5 aliphatic heterocycles. The molecule has 3 aromatic carbocycles. The Morgan fingerprint density at radius 1 is 0.636 bits per heavy atom. The molecule has 0 atom stereocenters. The number of hydrogen-bond acceptors (Lipinski definition) is 15. The zero-order valence-corrected chi connectivity index (χ0v) is 42.7. The molecular weight excluding hydrogens is 1000 g/mol. The van der Waals surface area contributed by atoms with Crippen LogP contribution < -0.4 is 22.0 Å². The van der Waals surface area contributed by atoms with Crippen LogP contribution in [-0.2, 0) is 42.3 Å². The minimum Gasteiger partial charge on any atom is -0.444 e. The van der Waals surface area contributed by atoms with Crippen molar-refractivity contribution in [2.24, 2.45) is 15.0 Å². The number of amides is 1. The molecule has 0 radical (unpaired) electrons. The second-order valence-corrected chi connectivity index (χ2v) is 20.0. The lowest BCUT2D eigenvalue weighted by molar-refractivity contribution is -0.156. The molecule has 0 spiro atoms. The summed E-state index contributed by atoms with van der Waals surface area (Å²) >= 11 is 0. The lowest BCUT2D eigenvalue weighted by Crippen LogP contribution is -2.50. The Morgan fingerprint density at radius 3 is 1.43 bits per heavy atom. The van der Waals surface area contributed by atoms with Gasteiger partial charge in [0.25, 0.3) is 16.7 Å². The van der Waals surface area contributed by atoms with E-state index >= 15 is 0 Å². The van der Waals surface area contributed by atoms with Crippen molar-refractivity contribution in [2.45, 2.75) is 102 Å². The van der Waals surface area contributed by atoms with Crippen molar-refractivity contribution in [3.8, 4) is 0 Å². The molecule has 6 aromatic rings. The highest BCUT2D eigenvalue weighted by Crippen LogP contribution is 2.27. The first-order valence-electron chi connectivity index (χ1n) is 24.9. The van der Waals surface area contributed by atoms with E-state index in [1.165, 1.54) is 21.8 Å². The van der Waals surface area contributed by atoms with Crippen LogP contribution in [0.2, 0.25) is 0 Å². The maximum absolute atomic E-state index is 13.0. The third-order valence-corrected chi connectivity index (χ3v) is 13.2. The number of aliphatic imine (C=N–C) groups is 3. The van der Waals surface area contributed by atoms with E-state index < -0.39 is 29.3 Å². The van der Waals surface area contributed by atoms with Crippen LogP contribution >= 0.6 is 0 Å². The molecule has 2 saturated heterocycles. The Kier molecular flexibility index (Phi) is 16.8. The number of piperidine rings is 2. The number of aromatic nitrogens is 6. The molecule has 8 heterocycles. The number of nitrogens with zero attached hydrogens (tertiary/aromatic N) is 9. The highest BCUT2D eigenvalue weighted by molar-refractivity contribution is 6.15. The van der Waals surface area contributed by atoms with Gasteiger partial charge in [-0.2, -0.15) is 13.2 Å². The van der Waals surface area contributed by atoms with Crippen molar-refractivity contribution in [3.05, 3.63) is 192 Å². The van der Waals surface area contributed by atoms with Crippen molar-refractivity contribution in [2.75, 3.05) is 26.2 Å². The normalized spacial score (nSPS) is 16.7. The summed E-state index contributed by atoms with van der Waals surface area (Å²) in [6.45, 7) is 9.24. The van der Waals surface area contributed by atoms with Gasteiger partial charge in [0, 0.05) is 29.8 Å². The predicted molar refractivity (Wildman–Crippen MR) is 280 cm³/mol. The fourth-order valence-corrected chi connectivity index (χ4v) is 9.21. The zero-order valence-electron chi connectivity index (χ0n) is 42.7. The molecule has 402 valence electrons. The smallest absolute Gasteiger partial charge is 0.444 e. The number of carbonyl (C=O) groups excluding carboxylic acids is 2. The number of rotatable bonds is 7. The molecule has 5 aliphatic rings. The average Bonchev–Trinajstić information content (AvgIpc) is 4.20. The van der Waals surface area contributed by atoms with Gasteiger partial charge in [0.05, 0.1) is 96.7 Å². The van der Waals surface area contributed by atoms with Crippen molar-refractivity contribution in [1.82, 2.24) is 39.3 Å². The first-order chi connectivity index (χ1) is 36.7. The number of hydrogen-bond donors (Lipinski definition) is 4. The van der Waals surface area contributed by atoms with Gasteiger partial charge in [-0.3, -0.25) is 43.3 Å². The van der Waals surface area contributed by atoms with E-state index in [0.29, 0.717) is 85.6 Å². The monoisotopic (exact) mass is 1060 g/mol. The summed E-state index contributed by atoms with van der Waals surface area (Å²) in [5, 5.41) is 25.0. The van der Waals surface area contributed by atoms with Gasteiger partial charge in [0.15, 0.2) is 0 Å². The topological polar surface area (TPSA) is 252 Å². The van der Waals surface area contributed by atoms with Crippen LogP contribution in [0.5, 0.6) is 0 Å². The van der Waals surface area contributed by atoms with Crippen LogP contribution in [0.15, 0.2) is 139 Å². The summed E-state index contributed by atoms with van der Waals surface area (Å²) in [6.07, 6.45) is 0.385. The van der Waals surface area contributed by atoms with E-state index in [4.69, 9.17) is 9.53 Å². The minimum absolute atomic E-state index is 0.0957. The summed E-state index contributed by atoms with van der Waals surface area (Å²) in [5.74, 6) is 0. The summed E-state index contributed by atoms with van der Waals surface area (Å²) in [6, 6.07) is 29.2. The van der Waals surface area contributed by atoms with Gasteiger partial charge in [0.1, 0.15) is 22.7 Å². The standard InChI is InChI=1S/C23H28N4O4.C18H20N4O2.C12H9N3O.C2HF3O/c1-22(2,3)31-21(29)26-11-9-23(30,10-12-26)14-27-15-25-19-17(20(27)28)13-24-18(19)16-7-5-4-6-8-16;23-17-14-10-20-15(13-4-2-1-3-5-13)16(14)21-12-22(17)11-18(24)6-8-19-9-7-18;16-12-9-6-13-10(11(9)14-7-15-12)8-4-2-1-3-5-8;3-2(4,5)1-6/h4-8,15,30H,9-14H2,1-3H3;1-5,12,19,24H,6-11H2;1-5,7H,6H2,(H,14,15,16);1H. The molecule has 0 saturated carbocycles. The quantitative estimate of drug-likeness (QED) is 0.155. The molecule has 4 N–H and O–H groups in total. The van der Waals surface area contributed by atoms with Gasteiger partial charge in [-0.15, -0.1) is 0 Å². The van der Waals surface area contributed by atoms with Gasteiger partial charge in [-0.25, -0.2) is 19.7 Å². The lowest BCUT2D eigenvalue weighted by Gasteiger charge is -2.38. The van der Waals surface area contributed by atoms with E-state index in [0.717, 1.165) is 46.9 Å². The largest absolute Gasteiger partial charge is 0.446 e. The van der Waals surface area contributed by atoms with E-state index in [2.05, 4.69) is 40.2 Å². The van der Waals surface area contributed by atoms with Gasteiger partial charge >= 0.3 is 12.3 Å². The van der Waals surface area contributed by atoms with Gasteiger partial charge in [-0.05, 0) is 59.5 Å².